The van der Waals surface area contributed by atoms with Crippen LogP contribution in [0.3, 0.4) is 0 Å². The van der Waals surface area contributed by atoms with E-state index in [4.69, 9.17) is 0 Å². The zero-order valence-corrected chi connectivity index (χ0v) is 9.37. The topological polar surface area (TPSA) is 55.2 Å². The molecule has 0 saturated carbocycles. The Morgan fingerprint density at radius 2 is 2.25 bits per heavy atom. The van der Waals surface area contributed by atoms with Crippen molar-refractivity contribution in [2.45, 2.75) is 20.3 Å². The van der Waals surface area contributed by atoms with Gasteiger partial charge >= 0.3 is 5.69 Å². The fraction of sp³-hybridized carbons (Fsp3) is 0.455. The van der Waals surface area contributed by atoms with Crippen LogP contribution in [0, 0.1) is 21.8 Å². The normalized spacial score (nSPS) is 12.2. The molecule has 1 aromatic rings. The summed E-state index contributed by atoms with van der Waals surface area (Å²) < 4.78 is 13.2. The van der Waals surface area contributed by atoms with Gasteiger partial charge in [0.15, 0.2) is 0 Å². The second-order valence-corrected chi connectivity index (χ2v) is 3.82. The van der Waals surface area contributed by atoms with Crippen LogP contribution in [0.2, 0.25) is 0 Å². The van der Waals surface area contributed by atoms with Crippen LogP contribution >= 0.6 is 0 Å². The number of nitro groups is 1. The molecule has 0 aliphatic heterocycles. The predicted octanol–water partition coefficient (Wildman–Crippen LogP) is 3.19. The number of benzene rings is 1. The molecule has 88 valence electrons. The highest BCUT2D eigenvalue weighted by Gasteiger charge is 2.13. The van der Waals surface area contributed by atoms with Gasteiger partial charge in [0.2, 0.25) is 5.82 Å². The zero-order chi connectivity index (χ0) is 12.1. The molecule has 0 saturated heterocycles. The number of hydrogen-bond acceptors (Lipinski definition) is 3. The smallest absolute Gasteiger partial charge is 0.304 e. The Labute approximate surface area is 93.6 Å². The summed E-state index contributed by atoms with van der Waals surface area (Å²) >= 11 is 0. The van der Waals surface area contributed by atoms with Crippen molar-refractivity contribution in [3.63, 3.8) is 0 Å². The first-order valence-corrected chi connectivity index (χ1v) is 5.22. The monoisotopic (exact) mass is 226 g/mol. The van der Waals surface area contributed by atoms with E-state index in [0.717, 1.165) is 19.0 Å². The Kier molecular flexibility index (Phi) is 4.22. The molecule has 0 amide bonds. The third-order valence-electron chi connectivity index (χ3n) is 2.50. The lowest BCUT2D eigenvalue weighted by Gasteiger charge is -2.11. The lowest BCUT2D eigenvalue weighted by molar-refractivity contribution is -0.387. The number of hydrogen-bond donors (Lipinski definition) is 1. The van der Waals surface area contributed by atoms with Crippen molar-refractivity contribution in [2.75, 3.05) is 11.9 Å². The summed E-state index contributed by atoms with van der Waals surface area (Å²) in [7, 11) is 0. The van der Waals surface area contributed by atoms with Gasteiger partial charge in [0.05, 0.1) is 4.92 Å². The fourth-order valence-electron chi connectivity index (χ4n) is 1.20. The highest BCUT2D eigenvalue weighted by molar-refractivity contribution is 5.49. The second kappa shape index (κ2) is 5.44. The molecule has 0 spiro atoms. The van der Waals surface area contributed by atoms with Crippen LogP contribution in [0.15, 0.2) is 18.2 Å². The van der Waals surface area contributed by atoms with Crippen molar-refractivity contribution in [1.29, 1.82) is 0 Å². The number of anilines is 1. The van der Waals surface area contributed by atoms with E-state index in [9.17, 15) is 14.5 Å². The summed E-state index contributed by atoms with van der Waals surface area (Å²) in [5, 5.41) is 13.4. The minimum atomic E-state index is -0.806. The Morgan fingerprint density at radius 3 is 2.75 bits per heavy atom. The third kappa shape index (κ3) is 3.18. The quantitative estimate of drug-likeness (QED) is 0.619. The predicted molar refractivity (Wildman–Crippen MR) is 61.0 cm³/mol. The molecule has 0 heterocycles. The first-order valence-electron chi connectivity index (χ1n) is 5.22. The second-order valence-electron chi connectivity index (χ2n) is 3.82. The minimum Gasteiger partial charge on any atom is -0.385 e. The van der Waals surface area contributed by atoms with Crippen LogP contribution in [0.5, 0.6) is 0 Å². The van der Waals surface area contributed by atoms with Gasteiger partial charge in [-0.3, -0.25) is 10.1 Å². The fourth-order valence-corrected chi connectivity index (χ4v) is 1.20. The van der Waals surface area contributed by atoms with Crippen LogP contribution in [0.1, 0.15) is 20.3 Å². The van der Waals surface area contributed by atoms with Gasteiger partial charge in [-0.15, -0.1) is 0 Å². The molecule has 0 aliphatic rings. The lowest BCUT2D eigenvalue weighted by atomic mass is 10.1. The van der Waals surface area contributed by atoms with Crippen LogP contribution in [0.4, 0.5) is 15.8 Å². The van der Waals surface area contributed by atoms with E-state index in [0.29, 0.717) is 11.6 Å². The molecule has 16 heavy (non-hydrogen) atoms. The molecule has 0 bridgehead atoms. The van der Waals surface area contributed by atoms with Gasteiger partial charge in [0, 0.05) is 24.4 Å². The van der Waals surface area contributed by atoms with Gasteiger partial charge in [0.1, 0.15) is 0 Å². The summed E-state index contributed by atoms with van der Waals surface area (Å²) in [6.45, 7) is 4.88. The summed E-state index contributed by atoms with van der Waals surface area (Å²) in [6, 6.07) is 3.85. The highest BCUT2D eigenvalue weighted by atomic mass is 19.1. The SMILES string of the molecule is CCC(C)CNc1ccc([N+](=O)[O-])c(F)c1. The molecular formula is C11H15FN2O2. The highest BCUT2D eigenvalue weighted by Crippen LogP contribution is 2.21. The van der Waals surface area contributed by atoms with Gasteiger partial charge in [-0.2, -0.15) is 4.39 Å². The van der Waals surface area contributed by atoms with E-state index in [1.54, 1.807) is 0 Å². The van der Waals surface area contributed by atoms with Gasteiger partial charge in [-0.05, 0) is 12.0 Å². The molecule has 1 rings (SSSR count). The zero-order valence-electron chi connectivity index (χ0n) is 9.37. The summed E-state index contributed by atoms with van der Waals surface area (Å²) in [5.74, 6) is -0.322. The number of rotatable bonds is 5. The number of nitro benzene ring substituents is 1. The van der Waals surface area contributed by atoms with Crippen LogP contribution in [-0.4, -0.2) is 11.5 Å². The Hall–Kier alpha value is -1.65. The van der Waals surface area contributed by atoms with E-state index in [1.165, 1.54) is 12.1 Å². The summed E-state index contributed by atoms with van der Waals surface area (Å²) in [5.41, 5.74) is 0.0810. The van der Waals surface area contributed by atoms with Crippen LogP contribution < -0.4 is 5.32 Å². The summed E-state index contributed by atoms with van der Waals surface area (Å²) in [6.07, 6.45) is 1.03. The van der Waals surface area contributed by atoms with E-state index < -0.39 is 16.4 Å². The van der Waals surface area contributed by atoms with Crippen molar-refractivity contribution in [3.05, 3.63) is 34.1 Å². The number of halogens is 1. The van der Waals surface area contributed by atoms with E-state index in [1.807, 2.05) is 0 Å². The molecular weight excluding hydrogens is 211 g/mol. The maximum atomic E-state index is 13.2. The Morgan fingerprint density at radius 1 is 1.56 bits per heavy atom. The van der Waals surface area contributed by atoms with E-state index >= 15 is 0 Å². The largest absolute Gasteiger partial charge is 0.385 e. The molecule has 1 unspecified atom stereocenters. The van der Waals surface area contributed by atoms with Crippen LogP contribution in [0.25, 0.3) is 0 Å². The average Bonchev–Trinajstić information content (AvgIpc) is 2.25. The molecule has 0 aromatic heterocycles. The molecule has 4 nitrogen and oxygen atoms in total. The maximum Gasteiger partial charge on any atom is 0.304 e. The lowest BCUT2D eigenvalue weighted by Crippen LogP contribution is -2.10. The van der Waals surface area contributed by atoms with Gasteiger partial charge in [-0.25, -0.2) is 0 Å². The third-order valence-corrected chi connectivity index (χ3v) is 2.50. The van der Waals surface area contributed by atoms with Crippen molar-refractivity contribution >= 4 is 11.4 Å². The Bertz CT molecular complexity index is 382. The first-order chi connectivity index (χ1) is 7.54. The first kappa shape index (κ1) is 12.4. The van der Waals surface area contributed by atoms with Crippen LogP contribution in [-0.2, 0) is 0 Å². The van der Waals surface area contributed by atoms with E-state index in [-0.39, 0.29) is 0 Å². The van der Waals surface area contributed by atoms with Crippen molar-refractivity contribution in [2.24, 2.45) is 5.92 Å². The molecule has 1 atom stereocenters. The van der Waals surface area contributed by atoms with Crippen molar-refractivity contribution in [1.82, 2.24) is 0 Å². The average molecular weight is 226 g/mol. The van der Waals surface area contributed by atoms with Crippen molar-refractivity contribution in [3.8, 4) is 0 Å². The number of nitrogens with zero attached hydrogens (tertiary/aromatic N) is 1. The van der Waals surface area contributed by atoms with Gasteiger partial charge in [0.25, 0.3) is 0 Å². The molecule has 1 aromatic carbocycles. The molecule has 0 radical (unpaired) electrons. The van der Waals surface area contributed by atoms with Crippen molar-refractivity contribution < 1.29 is 9.31 Å². The molecule has 0 aliphatic carbocycles. The molecule has 0 fully saturated rings. The Balaban J connectivity index is 2.70. The maximum absolute atomic E-state index is 13.2. The molecule has 1 N–H and O–H groups in total. The van der Waals surface area contributed by atoms with Gasteiger partial charge in [-0.1, -0.05) is 20.3 Å². The van der Waals surface area contributed by atoms with Gasteiger partial charge < -0.3 is 5.32 Å². The standard InChI is InChI=1S/C11H15FN2O2/c1-3-8(2)7-13-9-4-5-11(14(15)16)10(12)6-9/h4-6,8,13H,3,7H2,1-2H3. The number of nitrogens with one attached hydrogen (secondary N) is 1. The summed E-state index contributed by atoms with van der Waals surface area (Å²) in [4.78, 5) is 9.66. The van der Waals surface area contributed by atoms with E-state index in [2.05, 4.69) is 19.2 Å². The minimum absolute atomic E-state index is 0.484. The molecule has 5 heteroatoms.